The number of pyridine rings is 1. The number of hydrazine groups is 1. The van der Waals surface area contributed by atoms with Crippen LogP contribution < -0.4 is 11.3 Å². The highest BCUT2D eigenvalue weighted by Crippen LogP contribution is 2.20. The van der Waals surface area contributed by atoms with Crippen LogP contribution in [0.25, 0.3) is 0 Å². The van der Waals surface area contributed by atoms with Crippen molar-refractivity contribution in [3.05, 3.63) is 42.0 Å². The Morgan fingerprint density at radius 3 is 2.92 bits per heavy atom. The maximum absolute atomic E-state index is 13.2. The Balaban J connectivity index is 3.04. The standard InChI is InChI=1S/C9H12FN3/c1-6(2)9(13-11)7-3-4-12-5-8(7)10/h3-5,9,13H,1,11H2,2H3. The van der Waals surface area contributed by atoms with E-state index in [1.807, 2.05) is 0 Å². The number of nitrogens with zero attached hydrogens (tertiary/aromatic N) is 1. The minimum atomic E-state index is -0.381. The molecule has 3 nitrogen and oxygen atoms in total. The minimum Gasteiger partial charge on any atom is -0.271 e. The van der Waals surface area contributed by atoms with Crippen molar-refractivity contribution < 1.29 is 4.39 Å². The molecule has 1 rings (SSSR count). The molecule has 0 aromatic carbocycles. The van der Waals surface area contributed by atoms with Crippen molar-refractivity contribution in [2.45, 2.75) is 13.0 Å². The number of rotatable bonds is 3. The number of nitrogens with one attached hydrogen (secondary N) is 1. The summed E-state index contributed by atoms with van der Waals surface area (Å²) in [7, 11) is 0. The molecule has 0 saturated carbocycles. The molecule has 0 bridgehead atoms. The van der Waals surface area contributed by atoms with E-state index in [1.54, 1.807) is 13.0 Å². The van der Waals surface area contributed by atoms with Crippen molar-refractivity contribution >= 4 is 0 Å². The van der Waals surface area contributed by atoms with Crippen molar-refractivity contribution in [3.63, 3.8) is 0 Å². The largest absolute Gasteiger partial charge is 0.271 e. The van der Waals surface area contributed by atoms with E-state index >= 15 is 0 Å². The summed E-state index contributed by atoms with van der Waals surface area (Å²) in [4.78, 5) is 3.65. The molecule has 0 fully saturated rings. The molecule has 1 heterocycles. The Morgan fingerprint density at radius 1 is 1.77 bits per heavy atom. The molecule has 13 heavy (non-hydrogen) atoms. The van der Waals surface area contributed by atoms with E-state index in [0.29, 0.717) is 5.56 Å². The molecular formula is C9H12FN3. The highest BCUT2D eigenvalue weighted by atomic mass is 19.1. The van der Waals surface area contributed by atoms with E-state index in [2.05, 4.69) is 17.0 Å². The topological polar surface area (TPSA) is 50.9 Å². The van der Waals surface area contributed by atoms with Gasteiger partial charge in [0, 0.05) is 11.8 Å². The van der Waals surface area contributed by atoms with Gasteiger partial charge in [0.25, 0.3) is 0 Å². The van der Waals surface area contributed by atoms with E-state index in [4.69, 9.17) is 5.84 Å². The Hall–Kier alpha value is -1.26. The Labute approximate surface area is 76.4 Å². The van der Waals surface area contributed by atoms with Gasteiger partial charge in [0.2, 0.25) is 0 Å². The number of nitrogens with two attached hydrogens (primary N) is 1. The molecule has 0 aliphatic carbocycles. The van der Waals surface area contributed by atoms with Crippen molar-refractivity contribution in [1.82, 2.24) is 10.4 Å². The van der Waals surface area contributed by atoms with Crippen molar-refractivity contribution in [1.29, 1.82) is 0 Å². The Kier molecular flexibility index (Phi) is 3.11. The van der Waals surface area contributed by atoms with Crippen LogP contribution in [-0.2, 0) is 0 Å². The summed E-state index contributed by atoms with van der Waals surface area (Å²) in [6.07, 6.45) is 2.67. The summed E-state index contributed by atoms with van der Waals surface area (Å²) in [5.74, 6) is 4.90. The first kappa shape index (κ1) is 9.83. The quantitative estimate of drug-likeness (QED) is 0.420. The van der Waals surface area contributed by atoms with Crippen molar-refractivity contribution in [2.24, 2.45) is 5.84 Å². The Morgan fingerprint density at radius 2 is 2.46 bits per heavy atom. The minimum absolute atomic E-state index is 0.358. The lowest BCUT2D eigenvalue weighted by Crippen LogP contribution is -2.29. The van der Waals surface area contributed by atoms with E-state index < -0.39 is 0 Å². The molecule has 0 aliphatic heterocycles. The van der Waals surface area contributed by atoms with E-state index in [-0.39, 0.29) is 11.9 Å². The molecule has 1 aromatic rings. The molecule has 0 saturated heterocycles. The molecule has 0 amide bonds. The average molecular weight is 181 g/mol. The van der Waals surface area contributed by atoms with E-state index in [0.717, 1.165) is 11.8 Å². The number of aromatic nitrogens is 1. The van der Waals surface area contributed by atoms with Crippen LogP contribution >= 0.6 is 0 Å². The van der Waals surface area contributed by atoms with Crippen LogP contribution in [0.15, 0.2) is 30.6 Å². The highest BCUT2D eigenvalue weighted by Gasteiger charge is 2.13. The fourth-order valence-corrected chi connectivity index (χ4v) is 1.12. The number of hydrogen-bond donors (Lipinski definition) is 2. The SMILES string of the molecule is C=C(C)C(NN)c1ccncc1F. The van der Waals surface area contributed by atoms with Crippen LogP contribution in [0.3, 0.4) is 0 Å². The molecule has 1 atom stereocenters. The van der Waals surface area contributed by atoms with Crippen LogP contribution in [-0.4, -0.2) is 4.98 Å². The first-order chi connectivity index (χ1) is 6.16. The fourth-order valence-electron chi connectivity index (χ4n) is 1.12. The van der Waals surface area contributed by atoms with Gasteiger partial charge in [-0.05, 0) is 13.0 Å². The van der Waals surface area contributed by atoms with E-state index in [9.17, 15) is 4.39 Å². The smallest absolute Gasteiger partial charge is 0.146 e. The molecule has 1 aromatic heterocycles. The Bertz CT molecular complexity index is 311. The normalized spacial score (nSPS) is 12.5. The van der Waals surface area contributed by atoms with Gasteiger partial charge in [0.15, 0.2) is 0 Å². The first-order valence-electron chi connectivity index (χ1n) is 3.87. The van der Waals surface area contributed by atoms with Gasteiger partial charge in [-0.3, -0.25) is 10.8 Å². The summed E-state index contributed by atoms with van der Waals surface area (Å²) in [5, 5.41) is 0. The van der Waals surface area contributed by atoms with Crippen molar-refractivity contribution in [2.75, 3.05) is 0 Å². The second-order valence-electron chi connectivity index (χ2n) is 2.84. The van der Waals surface area contributed by atoms with Gasteiger partial charge in [-0.25, -0.2) is 9.82 Å². The van der Waals surface area contributed by atoms with Crippen LogP contribution in [0.2, 0.25) is 0 Å². The lowest BCUT2D eigenvalue weighted by atomic mass is 10.0. The zero-order valence-electron chi connectivity index (χ0n) is 7.42. The predicted molar refractivity (Wildman–Crippen MR) is 49.1 cm³/mol. The molecule has 3 N–H and O–H groups in total. The molecule has 0 aliphatic rings. The van der Waals surface area contributed by atoms with Gasteiger partial charge < -0.3 is 0 Å². The molecule has 0 spiro atoms. The number of hydrogen-bond acceptors (Lipinski definition) is 3. The third-order valence-corrected chi connectivity index (χ3v) is 1.77. The number of halogens is 1. The molecule has 70 valence electrons. The first-order valence-corrected chi connectivity index (χ1v) is 3.87. The maximum atomic E-state index is 13.2. The third-order valence-electron chi connectivity index (χ3n) is 1.77. The van der Waals surface area contributed by atoms with Gasteiger partial charge in [-0.15, -0.1) is 0 Å². The van der Waals surface area contributed by atoms with Crippen molar-refractivity contribution in [3.8, 4) is 0 Å². The zero-order valence-corrected chi connectivity index (χ0v) is 7.42. The second kappa shape index (κ2) is 4.11. The van der Waals surface area contributed by atoms with Crippen LogP contribution in [0, 0.1) is 5.82 Å². The molecule has 0 radical (unpaired) electrons. The summed E-state index contributed by atoms with van der Waals surface area (Å²) in [6, 6.07) is 1.22. The summed E-state index contributed by atoms with van der Waals surface area (Å²) >= 11 is 0. The predicted octanol–water partition coefficient (Wildman–Crippen LogP) is 1.30. The monoisotopic (exact) mass is 181 g/mol. The fraction of sp³-hybridized carbons (Fsp3) is 0.222. The lowest BCUT2D eigenvalue weighted by molar-refractivity contribution is 0.551. The second-order valence-corrected chi connectivity index (χ2v) is 2.84. The molecule has 1 unspecified atom stereocenters. The van der Waals surface area contributed by atoms with Gasteiger partial charge in [-0.1, -0.05) is 12.2 Å². The summed E-state index contributed by atoms with van der Waals surface area (Å²) in [5.41, 5.74) is 3.71. The van der Waals surface area contributed by atoms with Crippen LogP contribution in [0.5, 0.6) is 0 Å². The highest BCUT2D eigenvalue weighted by molar-refractivity contribution is 5.24. The summed E-state index contributed by atoms with van der Waals surface area (Å²) in [6.45, 7) is 5.50. The zero-order chi connectivity index (χ0) is 9.84. The van der Waals surface area contributed by atoms with Gasteiger partial charge in [0.05, 0.1) is 12.2 Å². The van der Waals surface area contributed by atoms with E-state index in [1.165, 1.54) is 6.20 Å². The maximum Gasteiger partial charge on any atom is 0.146 e. The molecular weight excluding hydrogens is 169 g/mol. The molecule has 4 heteroatoms. The van der Waals surface area contributed by atoms with Gasteiger partial charge in [-0.2, -0.15) is 0 Å². The van der Waals surface area contributed by atoms with Gasteiger partial charge in [0.1, 0.15) is 5.82 Å². The van der Waals surface area contributed by atoms with Gasteiger partial charge >= 0.3 is 0 Å². The lowest BCUT2D eigenvalue weighted by Gasteiger charge is -2.16. The van der Waals surface area contributed by atoms with Crippen LogP contribution in [0.1, 0.15) is 18.5 Å². The van der Waals surface area contributed by atoms with Crippen LogP contribution in [0.4, 0.5) is 4.39 Å². The average Bonchev–Trinajstić information content (AvgIpc) is 2.09. The summed E-state index contributed by atoms with van der Waals surface area (Å²) < 4.78 is 13.2. The third kappa shape index (κ3) is 2.11.